The molecule has 0 radical (unpaired) electrons. The summed E-state index contributed by atoms with van der Waals surface area (Å²) >= 11 is 0. The molecule has 24 heavy (non-hydrogen) atoms. The topological polar surface area (TPSA) is 58.6 Å². The number of halogens is 1. The highest BCUT2D eigenvalue weighted by Gasteiger charge is 2.21. The molecule has 6 heteroatoms. The van der Waals surface area contributed by atoms with E-state index in [1.54, 1.807) is 17.0 Å². The van der Waals surface area contributed by atoms with Gasteiger partial charge in [0, 0.05) is 18.8 Å². The number of carbonyl (C=O) groups is 2. The number of anilines is 1. The molecule has 2 amide bonds. The normalized spacial score (nSPS) is 13.2. The van der Waals surface area contributed by atoms with Crippen molar-refractivity contribution >= 4 is 17.7 Å². The number of nitrogens with one attached hydrogen (secondary N) is 1. The van der Waals surface area contributed by atoms with Gasteiger partial charge in [0.2, 0.25) is 0 Å². The highest BCUT2D eigenvalue weighted by Crippen LogP contribution is 2.23. The number of hydrogen-bond donors (Lipinski definition) is 1. The molecule has 2 aromatic carbocycles. The second-order valence-electron chi connectivity index (χ2n) is 5.56. The quantitative estimate of drug-likeness (QED) is 0.921. The zero-order chi connectivity index (χ0) is 17.1. The fourth-order valence-electron chi connectivity index (χ4n) is 2.76. The van der Waals surface area contributed by atoms with Gasteiger partial charge in [0.1, 0.15) is 5.82 Å². The summed E-state index contributed by atoms with van der Waals surface area (Å²) in [5, 5.41) is 2.69. The van der Waals surface area contributed by atoms with Crippen LogP contribution in [0.15, 0.2) is 42.5 Å². The lowest BCUT2D eigenvalue weighted by Crippen LogP contribution is -2.35. The fourth-order valence-corrected chi connectivity index (χ4v) is 2.76. The van der Waals surface area contributed by atoms with Crippen LogP contribution in [-0.2, 0) is 17.7 Å². The molecule has 0 saturated heterocycles. The highest BCUT2D eigenvalue weighted by molar-refractivity contribution is 6.04. The first-order valence-corrected chi connectivity index (χ1v) is 7.59. The minimum absolute atomic E-state index is 0.00796. The van der Waals surface area contributed by atoms with Crippen molar-refractivity contribution in [1.82, 2.24) is 4.90 Å². The van der Waals surface area contributed by atoms with Crippen LogP contribution in [0, 0.1) is 5.82 Å². The third kappa shape index (κ3) is 3.22. The van der Waals surface area contributed by atoms with Crippen molar-refractivity contribution in [3.05, 3.63) is 65.0 Å². The number of hydrogen-bond acceptors (Lipinski definition) is 3. The van der Waals surface area contributed by atoms with E-state index in [9.17, 15) is 14.0 Å². The summed E-state index contributed by atoms with van der Waals surface area (Å²) in [5.41, 5.74) is 2.62. The van der Waals surface area contributed by atoms with Crippen LogP contribution in [0.1, 0.15) is 21.5 Å². The van der Waals surface area contributed by atoms with Crippen molar-refractivity contribution < 1.29 is 18.7 Å². The molecular formula is C18H17FN2O3. The molecule has 1 aliphatic heterocycles. The van der Waals surface area contributed by atoms with Gasteiger partial charge in [0.25, 0.3) is 5.91 Å². The molecular weight excluding hydrogens is 311 g/mol. The van der Waals surface area contributed by atoms with Crippen molar-refractivity contribution in [2.24, 2.45) is 0 Å². The molecule has 0 unspecified atom stereocenters. The molecule has 1 N–H and O–H groups in total. The van der Waals surface area contributed by atoms with Crippen molar-refractivity contribution in [3.63, 3.8) is 0 Å². The molecule has 1 aliphatic rings. The van der Waals surface area contributed by atoms with Crippen LogP contribution in [0.25, 0.3) is 0 Å². The Morgan fingerprint density at radius 1 is 1.17 bits per heavy atom. The molecule has 0 bridgehead atoms. The van der Waals surface area contributed by atoms with Crippen LogP contribution in [0.3, 0.4) is 0 Å². The van der Waals surface area contributed by atoms with Gasteiger partial charge in [-0.15, -0.1) is 0 Å². The highest BCUT2D eigenvalue weighted by atomic mass is 19.1. The van der Waals surface area contributed by atoms with E-state index in [0.29, 0.717) is 18.8 Å². The number of carbonyl (C=O) groups excluding carboxylic acids is 2. The number of nitrogens with zero attached hydrogens (tertiary/aromatic N) is 1. The van der Waals surface area contributed by atoms with E-state index in [0.717, 1.165) is 17.5 Å². The summed E-state index contributed by atoms with van der Waals surface area (Å²) < 4.78 is 18.4. The predicted octanol–water partition coefficient (Wildman–Crippen LogP) is 3.20. The maximum Gasteiger partial charge on any atom is 0.409 e. The number of amides is 2. The lowest BCUT2D eigenvalue weighted by atomic mass is 9.99. The first kappa shape index (κ1) is 16.0. The minimum Gasteiger partial charge on any atom is -0.453 e. The van der Waals surface area contributed by atoms with Crippen LogP contribution in [0.2, 0.25) is 0 Å². The average Bonchev–Trinajstić information content (AvgIpc) is 2.60. The van der Waals surface area contributed by atoms with Gasteiger partial charge >= 0.3 is 6.09 Å². The van der Waals surface area contributed by atoms with Crippen LogP contribution >= 0.6 is 0 Å². The summed E-state index contributed by atoms with van der Waals surface area (Å²) in [7, 11) is 1.35. The average molecular weight is 328 g/mol. The molecule has 0 fully saturated rings. The summed E-state index contributed by atoms with van der Waals surface area (Å²) in [6, 6.07) is 11.3. The summed E-state index contributed by atoms with van der Waals surface area (Å²) in [5.74, 6) is -1.07. The first-order chi connectivity index (χ1) is 11.6. The zero-order valence-electron chi connectivity index (χ0n) is 13.2. The van der Waals surface area contributed by atoms with E-state index in [-0.39, 0.29) is 11.7 Å². The number of ether oxygens (including phenoxy) is 1. The van der Waals surface area contributed by atoms with Gasteiger partial charge < -0.3 is 15.0 Å². The summed E-state index contributed by atoms with van der Waals surface area (Å²) in [4.78, 5) is 25.4. The van der Waals surface area contributed by atoms with Crippen molar-refractivity contribution in [3.8, 4) is 0 Å². The third-order valence-electron chi connectivity index (χ3n) is 4.03. The Morgan fingerprint density at radius 2 is 1.96 bits per heavy atom. The van der Waals surface area contributed by atoms with E-state index in [1.165, 1.54) is 25.3 Å². The Bertz CT molecular complexity index is 792. The Labute approximate surface area is 139 Å². The maximum atomic E-state index is 13.7. The third-order valence-corrected chi connectivity index (χ3v) is 4.03. The van der Waals surface area contributed by atoms with Gasteiger partial charge in [0.05, 0.1) is 12.7 Å². The summed E-state index contributed by atoms with van der Waals surface area (Å²) in [6.07, 6.45) is 0.354. The van der Waals surface area contributed by atoms with E-state index in [1.807, 2.05) is 12.1 Å². The van der Waals surface area contributed by atoms with Crippen LogP contribution < -0.4 is 5.32 Å². The van der Waals surface area contributed by atoms with Crippen LogP contribution in [0.5, 0.6) is 0 Å². The van der Waals surface area contributed by atoms with E-state index in [2.05, 4.69) is 5.32 Å². The van der Waals surface area contributed by atoms with Gasteiger partial charge in [-0.05, 0) is 41.8 Å². The smallest absolute Gasteiger partial charge is 0.409 e. The van der Waals surface area contributed by atoms with Gasteiger partial charge in [-0.1, -0.05) is 18.2 Å². The standard InChI is InChI=1S/C18H17FN2O3/c1-24-18(23)21-9-8-12-6-7-14(10-13(12)11-21)20-17(22)15-4-2-3-5-16(15)19/h2-7,10H,8-9,11H2,1H3,(H,20,22). The molecule has 5 nitrogen and oxygen atoms in total. The molecule has 2 aromatic rings. The molecule has 0 aromatic heterocycles. The Morgan fingerprint density at radius 3 is 2.71 bits per heavy atom. The number of rotatable bonds is 2. The molecule has 3 rings (SSSR count). The van der Waals surface area contributed by atoms with E-state index < -0.39 is 11.7 Å². The molecule has 124 valence electrons. The fraction of sp³-hybridized carbons (Fsp3) is 0.222. The van der Waals surface area contributed by atoms with E-state index >= 15 is 0 Å². The van der Waals surface area contributed by atoms with Crippen LogP contribution in [-0.4, -0.2) is 30.6 Å². The molecule has 0 spiro atoms. The Balaban J connectivity index is 1.78. The predicted molar refractivity (Wildman–Crippen MR) is 87.3 cm³/mol. The van der Waals surface area contributed by atoms with Gasteiger partial charge in [0.15, 0.2) is 0 Å². The van der Waals surface area contributed by atoms with Crippen molar-refractivity contribution in [2.75, 3.05) is 19.0 Å². The van der Waals surface area contributed by atoms with Gasteiger partial charge in [-0.25, -0.2) is 9.18 Å². The summed E-state index contributed by atoms with van der Waals surface area (Å²) in [6.45, 7) is 1.02. The van der Waals surface area contributed by atoms with Crippen molar-refractivity contribution in [2.45, 2.75) is 13.0 Å². The van der Waals surface area contributed by atoms with Gasteiger partial charge in [-0.3, -0.25) is 4.79 Å². The largest absolute Gasteiger partial charge is 0.453 e. The molecule has 0 aliphatic carbocycles. The SMILES string of the molecule is COC(=O)N1CCc2ccc(NC(=O)c3ccccc3F)cc2C1. The van der Waals surface area contributed by atoms with Crippen LogP contribution in [0.4, 0.5) is 14.9 Å². The number of benzene rings is 2. The number of methoxy groups -OCH3 is 1. The second kappa shape index (κ2) is 6.70. The lowest BCUT2D eigenvalue weighted by molar-refractivity contribution is 0.102. The molecule has 1 heterocycles. The lowest BCUT2D eigenvalue weighted by Gasteiger charge is -2.28. The Hall–Kier alpha value is -2.89. The second-order valence-corrected chi connectivity index (χ2v) is 5.56. The first-order valence-electron chi connectivity index (χ1n) is 7.59. The monoisotopic (exact) mass is 328 g/mol. The van der Waals surface area contributed by atoms with Crippen molar-refractivity contribution in [1.29, 1.82) is 0 Å². The van der Waals surface area contributed by atoms with Gasteiger partial charge in [-0.2, -0.15) is 0 Å². The zero-order valence-corrected chi connectivity index (χ0v) is 13.2. The molecule has 0 saturated carbocycles. The number of fused-ring (bicyclic) bond motifs is 1. The Kier molecular flexibility index (Phi) is 4.46. The maximum absolute atomic E-state index is 13.7. The minimum atomic E-state index is -0.565. The molecule has 0 atom stereocenters. The van der Waals surface area contributed by atoms with E-state index in [4.69, 9.17) is 4.74 Å².